The van der Waals surface area contributed by atoms with Gasteiger partial charge < -0.3 is 10.8 Å². The van der Waals surface area contributed by atoms with Crippen LogP contribution in [0.3, 0.4) is 0 Å². The molecule has 0 radical (unpaired) electrons. The summed E-state index contributed by atoms with van der Waals surface area (Å²) in [4.78, 5) is 10.7. The fraction of sp³-hybridized carbons (Fsp3) is 0.667. The summed E-state index contributed by atoms with van der Waals surface area (Å²) in [5, 5.41) is 8.83. The highest BCUT2D eigenvalue weighted by molar-refractivity contribution is 5.88. The maximum atomic E-state index is 10.7. The predicted molar refractivity (Wildman–Crippen MR) is 46.4 cm³/mol. The molecule has 12 heavy (non-hydrogen) atoms. The van der Waals surface area contributed by atoms with Crippen LogP contribution in [0.5, 0.6) is 0 Å². The van der Waals surface area contributed by atoms with E-state index >= 15 is 0 Å². The van der Waals surface area contributed by atoms with Crippen LogP contribution < -0.4 is 5.73 Å². The van der Waals surface area contributed by atoms with Gasteiger partial charge in [-0.3, -0.25) is 0 Å². The lowest BCUT2D eigenvalue weighted by atomic mass is 10.0. The van der Waals surface area contributed by atoms with Gasteiger partial charge in [0.2, 0.25) is 0 Å². The normalized spacial score (nSPS) is 29.5. The summed E-state index contributed by atoms with van der Waals surface area (Å²) < 4.78 is 0. The van der Waals surface area contributed by atoms with Gasteiger partial charge in [0.15, 0.2) is 0 Å². The minimum Gasteiger partial charge on any atom is -0.478 e. The monoisotopic (exact) mass is 169 g/mol. The van der Waals surface area contributed by atoms with Crippen molar-refractivity contribution in [3.63, 3.8) is 0 Å². The molecule has 0 spiro atoms. The first-order chi connectivity index (χ1) is 5.57. The van der Waals surface area contributed by atoms with Crippen LogP contribution in [0.25, 0.3) is 0 Å². The Morgan fingerprint density at radius 2 is 2.33 bits per heavy atom. The summed E-state index contributed by atoms with van der Waals surface area (Å²) in [7, 11) is 0. The highest BCUT2D eigenvalue weighted by atomic mass is 16.4. The van der Waals surface area contributed by atoms with Crippen molar-refractivity contribution in [3.05, 3.63) is 11.3 Å². The van der Waals surface area contributed by atoms with Gasteiger partial charge in [-0.15, -0.1) is 0 Å². The second-order valence-corrected chi connectivity index (χ2v) is 3.42. The SMILES string of the molecule is CC[C@@H]1CC(C)C(C(=O)O)=C1N. The second-order valence-electron chi connectivity index (χ2n) is 3.42. The summed E-state index contributed by atoms with van der Waals surface area (Å²) in [5.74, 6) is -0.450. The summed E-state index contributed by atoms with van der Waals surface area (Å²) in [6.45, 7) is 3.96. The number of carbonyl (C=O) groups is 1. The predicted octanol–water partition coefficient (Wildman–Crippen LogP) is 1.35. The van der Waals surface area contributed by atoms with Crippen molar-refractivity contribution in [3.8, 4) is 0 Å². The number of carboxylic acids is 1. The molecule has 2 atom stereocenters. The molecular weight excluding hydrogens is 154 g/mol. The van der Waals surface area contributed by atoms with Crippen LogP contribution in [0.2, 0.25) is 0 Å². The van der Waals surface area contributed by atoms with Crippen LogP contribution in [-0.2, 0) is 4.79 Å². The number of rotatable bonds is 2. The van der Waals surface area contributed by atoms with Crippen LogP contribution in [0.15, 0.2) is 11.3 Å². The third-order valence-corrected chi connectivity index (χ3v) is 2.60. The van der Waals surface area contributed by atoms with Gasteiger partial charge in [-0.2, -0.15) is 0 Å². The molecule has 3 heteroatoms. The zero-order chi connectivity index (χ0) is 9.30. The minimum atomic E-state index is -0.851. The lowest BCUT2D eigenvalue weighted by molar-refractivity contribution is -0.133. The first-order valence-corrected chi connectivity index (χ1v) is 4.30. The molecule has 0 aromatic heterocycles. The highest BCUT2D eigenvalue weighted by Crippen LogP contribution is 2.35. The molecule has 1 rings (SSSR count). The van der Waals surface area contributed by atoms with Crippen LogP contribution in [-0.4, -0.2) is 11.1 Å². The molecule has 0 aromatic rings. The maximum Gasteiger partial charge on any atom is 0.333 e. The number of hydrogen-bond acceptors (Lipinski definition) is 2. The second kappa shape index (κ2) is 3.17. The van der Waals surface area contributed by atoms with E-state index in [-0.39, 0.29) is 11.8 Å². The Morgan fingerprint density at radius 1 is 1.75 bits per heavy atom. The summed E-state index contributed by atoms with van der Waals surface area (Å²) in [5.41, 5.74) is 6.75. The molecule has 0 aliphatic heterocycles. The Labute approximate surface area is 72.3 Å². The van der Waals surface area contributed by atoms with Crippen molar-refractivity contribution in [1.82, 2.24) is 0 Å². The maximum absolute atomic E-state index is 10.7. The van der Waals surface area contributed by atoms with Crippen LogP contribution in [0.1, 0.15) is 26.7 Å². The van der Waals surface area contributed by atoms with Gasteiger partial charge in [0.25, 0.3) is 0 Å². The van der Waals surface area contributed by atoms with Gasteiger partial charge >= 0.3 is 5.97 Å². The molecular formula is C9H15NO2. The van der Waals surface area contributed by atoms with Crippen molar-refractivity contribution in [2.75, 3.05) is 0 Å². The zero-order valence-corrected chi connectivity index (χ0v) is 7.50. The van der Waals surface area contributed by atoms with E-state index in [1.165, 1.54) is 0 Å². The fourth-order valence-corrected chi connectivity index (χ4v) is 1.90. The lowest BCUT2D eigenvalue weighted by Gasteiger charge is -2.06. The summed E-state index contributed by atoms with van der Waals surface area (Å²) in [6.07, 6.45) is 1.83. The van der Waals surface area contributed by atoms with Crippen molar-refractivity contribution >= 4 is 5.97 Å². The van der Waals surface area contributed by atoms with Crippen LogP contribution in [0, 0.1) is 11.8 Å². The van der Waals surface area contributed by atoms with E-state index in [2.05, 4.69) is 0 Å². The van der Waals surface area contributed by atoms with Crippen molar-refractivity contribution in [2.24, 2.45) is 17.6 Å². The van der Waals surface area contributed by atoms with Gasteiger partial charge in [-0.1, -0.05) is 13.8 Å². The molecule has 1 aliphatic carbocycles. The van der Waals surface area contributed by atoms with Crippen molar-refractivity contribution < 1.29 is 9.90 Å². The molecule has 1 unspecified atom stereocenters. The number of allylic oxidation sites excluding steroid dienone is 1. The summed E-state index contributed by atoms with van der Waals surface area (Å²) >= 11 is 0. The standard InChI is InChI=1S/C9H15NO2/c1-3-6-4-5(2)7(8(6)10)9(11)12/h5-6H,3-4,10H2,1-2H3,(H,11,12)/t5?,6-/m1/s1. The molecule has 0 saturated carbocycles. The molecule has 0 saturated heterocycles. The van der Waals surface area contributed by atoms with E-state index in [1.807, 2.05) is 13.8 Å². The van der Waals surface area contributed by atoms with Gasteiger partial charge in [-0.25, -0.2) is 4.79 Å². The Balaban J connectivity index is 2.93. The molecule has 0 amide bonds. The molecule has 68 valence electrons. The molecule has 3 nitrogen and oxygen atoms in total. The first kappa shape index (κ1) is 9.10. The topological polar surface area (TPSA) is 63.3 Å². The Hall–Kier alpha value is -0.990. The average molecular weight is 169 g/mol. The van der Waals surface area contributed by atoms with E-state index in [4.69, 9.17) is 10.8 Å². The molecule has 0 aromatic carbocycles. The van der Waals surface area contributed by atoms with E-state index in [0.717, 1.165) is 12.8 Å². The molecule has 3 N–H and O–H groups in total. The Morgan fingerprint density at radius 3 is 2.58 bits per heavy atom. The molecule has 1 aliphatic rings. The first-order valence-electron chi connectivity index (χ1n) is 4.30. The Kier molecular flexibility index (Phi) is 2.40. The van der Waals surface area contributed by atoms with Crippen LogP contribution in [0.4, 0.5) is 0 Å². The van der Waals surface area contributed by atoms with Crippen molar-refractivity contribution in [2.45, 2.75) is 26.7 Å². The number of nitrogens with two attached hydrogens (primary N) is 1. The average Bonchev–Trinajstić information content (AvgIpc) is 2.25. The minimum absolute atomic E-state index is 0.118. The van der Waals surface area contributed by atoms with E-state index in [1.54, 1.807) is 0 Å². The molecule has 0 bridgehead atoms. The van der Waals surface area contributed by atoms with E-state index in [0.29, 0.717) is 11.3 Å². The number of aliphatic carboxylic acids is 1. The van der Waals surface area contributed by atoms with Gasteiger partial charge in [-0.05, 0) is 24.7 Å². The lowest BCUT2D eigenvalue weighted by Crippen LogP contribution is -2.11. The molecule has 0 heterocycles. The van der Waals surface area contributed by atoms with Crippen molar-refractivity contribution in [1.29, 1.82) is 0 Å². The Bertz CT molecular complexity index is 233. The third kappa shape index (κ3) is 1.31. The quantitative estimate of drug-likeness (QED) is 0.655. The number of hydrogen-bond donors (Lipinski definition) is 2. The summed E-state index contributed by atoms with van der Waals surface area (Å²) in [6, 6.07) is 0. The number of carboxylic acid groups (broad SMARTS) is 1. The fourth-order valence-electron chi connectivity index (χ4n) is 1.90. The largest absolute Gasteiger partial charge is 0.478 e. The van der Waals surface area contributed by atoms with E-state index in [9.17, 15) is 4.79 Å². The van der Waals surface area contributed by atoms with E-state index < -0.39 is 5.97 Å². The third-order valence-electron chi connectivity index (χ3n) is 2.60. The van der Waals surface area contributed by atoms with Gasteiger partial charge in [0.05, 0.1) is 5.57 Å². The molecule has 0 fully saturated rings. The van der Waals surface area contributed by atoms with Crippen LogP contribution >= 0.6 is 0 Å². The smallest absolute Gasteiger partial charge is 0.333 e. The van der Waals surface area contributed by atoms with Gasteiger partial charge in [0.1, 0.15) is 0 Å². The van der Waals surface area contributed by atoms with Gasteiger partial charge in [0, 0.05) is 5.70 Å². The zero-order valence-electron chi connectivity index (χ0n) is 7.50. The highest BCUT2D eigenvalue weighted by Gasteiger charge is 2.31.